The van der Waals surface area contributed by atoms with Gasteiger partial charge in [-0.15, -0.1) is 0 Å². The van der Waals surface area contributed by atoms with Gasteiger partial charge in [0.2, 0.25) is 0 Å². The van der Waals surface area contributed by atoms with Crippen molar-refractivity contribution in [2.24, 2.45) is 0 Å². The molecule has 1 aliphatic carbocycles. The summed E-state index contributed by atoms with van der Waals surface area (Å²) >= 11 is 0. The van der Waals surface area contributed by atoms with Gasteiger partial charge in [0.25, 0.3) is 5.56 Å². The van der Waals surface area contributed by atoms with Gasteiger partial charge in [0.15, 0.2) is 11.5 Å². The van der Waals surface area contributed by atoms with Gasteiger partial charge in [0.05, 0.1) is 23.8 Å². The van der Waals surface area contributed by atoms with Crippen molar-refractivity contribution in [3.63, 3.8) is 0 Å². The zero-order chi connectivity index (χ0) is 19.4. The molecule has 0 bridgehead atoms. The maximum absolute atomic E-state index is 12.7. The number of aromatic nitrogens is 6. The lowest BCUT2D eigenvalue weighted by Crippen LogP contribution is -2.26. The highest BCUT2D eigenvalue weighted by Gasteiger charge is 2.39. The van der Waals surface area contributed by atoms with E-state index in [-0.39, 0.29) is 17.4 Å². The van der Waals surface area contributed by atoms with E-state index >= 15 is 0 Å². The molecular weight excluding hydrogens is 356 g/mol. The van der Waals surface area contributed by atoms with Crippen LogP contribution < -0.4 is 5.56 Å². The van der Waals surface area contributed by atoms with Crippen molar-refractivity contribution in [2.45, 2.75) is 45.4 Å². The van der Waals surface area contributed by atoms with Crippen LogP contribution in [0, 0.1) is 20.8 Å². The van der Waals surface area contributed by atoms with Crippen LogP contribution in [0.2, 0.25) is 0 Å². The lowest BCUT2D eigenvalue weighted by Gasteiger charge is -2.33. The molecule has 4 aromatic heterocycles. The monoisotopic (exact) mass is 376 g/mol. The fourth-order valence-electron chi connectivity index (χ4n) is 3.74. The van der Waals surface area contributed by atoms with Crippen molar-refractivity contribution in [1.82, 2.24) is 29.7 Å². The molecule has 8 heteroatoms. The third kappa shape index (κ3) is 2.48. The number of fused-ring (bicyclic) bond motifs is 1. The Morgan fingerprint density at radius 3 is 2.64 bits per heavy atom. The van der Waals surface area contributed by atoms with E-state index in [0.29, 0.717) is 16.9 Å². The molecule has 4 aromatic rings. The highest BCUT2D eigenvalue weighted by molar-refractivity contribution is 5.75. The van der Waals surface area contributed by atoms with E-state index in [1.165, 1.54) is 0 Å². The Morgan fingerprint density at radius 1 is 1.14 bits per heavy atom. The Labute approximate surface area is 160 Å². The second-order valence-electron chi connectivity index (χ2n) is 7.39. The fourth-order valence-corrected chi connectivity index (χ4v) is 3.74. The lowest BCUT2D eigenvalue weighted by atomic mass is 9.73. The van der Waals surface area contributed by atoms with E-state index in [2.05, 4.69) is 20.1 Å². The molecule has 1 saturated carbocycles. The predicted molar refractivity (Wildman–Crippen MR) is 103 cm³/mol. The molecule has 1 N–H and O–H groups in total. The Bertz CT molecular complexity index is 1230. The first-order valence-electron chi connectivity index (χ1n) is 9.36. The molecule has 0 unspecified atom stereocenters. The summed E-state index contributed by atoms with van der Waals surface area (Å²) < 4.78 is 7.51. The van der Waals surface area contributed by atoms with Crippen LogP contribution in [0.4, 0.5) is 0 Å². The van der Waals surface area contributed by atoms with Crippen LogP contribution in [0.25, 0.3) is 16.7 Å². The molecule has 0 radical (unpaired) electrons. The highest BCUT2D eigenvalue weighted by Crippen LogP contribution is 2.47. The van der Waals surface area contributed by atoms with Crippen LogP contribution in [-0.4, -0.2) is 29.7 Å². The molecule has 0 saturated heterocycles. The van der Waals surface area contributed by atoms with Crippen LogP contribution in [0.1, 0.15) is 53.4 Å². The first-order valence-corrected chi connectivity index (χ1v) is 9.36. The summed E-state index contributed by atoms with van der Waals surface area (Å²) in [5, 5.41) is 4.85. The first-order chi connectivity index (χ1) is 13.5. The normalized spacial score (nSPS) is 19.1. The van der Waals surface area contributed by atoms with E-state index < -0.39 is 0 Å². The van der Waals surface area contributed by atoms with Crippen molar-refractivity contribution in [2.75, 3.05) is 0 Å². The van der Waals surface area contributed by atoms with Crippen LogP contribution in [0.15, 0.2) is 33.9 Å². The van der Waals surface area contributed by atoms with Gasteiger partial charge >= 0.3 is 0 Å². The minimum Gasteiger partial charge on any atom is -0.445 e. The third-order valence-corrected chi connectivity index (χ3v) is 5.68. The number of hydrogen-bond donors (Lipinski definition) is 1. The number of pyridine rings is 1. The Morgan fingerprint density at radius 2 is 1.96 bits per heavy atom. The van der Waals surface area contributed by atoms with Gasteiger partial charge in [-0.2, -0.15) is 5.10 Å². The molecule has 0 aliphatic heterocycles. The molecule has 4 heterocycles. The van der Waals surface area contributed by atoms with E-state index in [9.17, 15) is 4.79 Å². The molecule has 0 spiro atoms. The standard InChI is InChI=1S/C20H20N6O2/c1-10-6-7-21-9-16(10)26-18-15(8-22-26)19(27)25-17(24-18)13-4-5-14(13)20-23-11(2)12(3)28-20/h6-9,13-14H,4-5H2,1-3H3,(H,24,25,27)/t13-,14+/m0/s1. The number of H-pyrrole nitrogens is 1. The van der Waals surface area contributed by atoms with Gasteiger partial charge < -0.3 is 9.40 Å². The Hall–Kier alpha value is -3.29. The van der Waals surface area contributed by atoms with Crippen molar-refractivity contribution in [3.8, 4) is 5.69 Å². The zero-order valence-electron chi connectivity index (χ0n) is 15.9. The fraction of sp³-hybridized carbons (Fsp3) is 0.350. The molecule has 142 valence electrons. The molecular formula is C20H20N6O2. The second-order valence-corrected chi connectivity index (χ2v) is 7.39. The largest absolute Gasteiger partial charge is 0.445 e. The zero-order valence-corrected chi connectivity index (χ0v) is 15.9. The molecule has 1 fully saturated rings. The summed E-state index contributed by atoms with van der Waals surface area (Å²) in [4.78, 5) is 29.1. The van der Waals surface area contributed by atoms with Crippen molar-refractivity contribution in [3.05, 3.63) is 63.7 Å². The first kappa shape index (κ1) is 16.9. The summed E-state index contributed by atoms with van der Waals surface area (Å²) in [5.74, 6) is 2.43. The van der Waals surface area contributed by atoms with Gasteiger partial charge in [-0.25, -0.2) is 14.6 Å². The number of nitrogens with one attached hydrogen (secondary N) is 1. The number of rotatable bonds is 3. The predicted octanol–water partition coefficient (Wildman–Crippen LogP) is 3.08. The van der Waals surface area contributed by atoms with E-state index in [1.807, 2.05) is 26.8 Å². The van der Waals surface area contributed by atoms with Gasteiger partial charge in [-0.3, -0.25) is 9.78 Å². The molecule has 5 rings (SSSR count). The average molecular weight is 376 g/mol. The SMILES string of the molecule is Cc1ccncc1-n1ncc2c(=O)[nH]c([C@H]3CC[C@H]3c3nc(C)c(C)o3)nc21. The van der Waals surface area contributed by atoms with Crippen LogP contribution in [-0.2, 0) is 0 Å². The highest BCUT2D eigenvalue weighted by atomic mass is 16.4. The molecule has 2 atom stereocenters. The Balaban J connectivity index is 1.60. The van der Waals surface area contributed by atoms with Crippen molar-refractivity contribution < 1.29 is 4.42 Å². The second kappa shape index (κ2) is 6.12. The number of hydrogen-bond acceptors (Lipinski definition) is 6. The van der Waals surface area contributed by atoms with Crippen molar-refractivity contribution >= 4 is 11.0 Å². The van der Waals surface area contributed by atoms with Crippen molar-refractivity contribution in [1.29, 1.82) is 0 Å². The third-order valence-electron chi connectivity index (χ3n) is 5.68. The summed E-state index contributed by atoms with van der Waals surface area (Å²) in [6, 6.07) is 1.91. The molecule has 8 nitrogen and oxygen atoms in total. The minimum absolute atomic E-state index is 0.0768. The summed E-state index contributed by atoms with van der Waals surface area (Å²) in [7, 11) is 0. The van der Waals surface area contributed by atoms with Gasteiger partial charge in [0.1, 0.15) is 17.0 Å². The lowest BCUT2D eigenvalue weighted by molar-refractivity contribution is 0.273. The topological polar surface area (TPSA) is 102 Å². The minimum atomic E-state index is -0.182. The summed E-state index contributed by atoms with van der Waals surface area (Å²) in [6.45, 7) is 5.84. The molecule has 0 amide bonds. The number of aromatic amines is 1. The van der Waals surface area contributed by atoms with E-state index in [1.54, 1.807) is 23.3 Å². The van der Waals surface area contributed by atoms with Gasteiger partial charge in [-0.05, 0) is 45.2 Å². The summed E-state index contributed by atoms with van der Waals surface area (Å²) in [5.41, 5.74) is 3.09. The summed E-state index contributed by atoms with van der Waals surface area (Å²) in [6.07, 6.45) is 6.91. The van der Waals surface area contributed by atoms with E-state index in [4.69, 9.17) is 9.40 Å². The van der Waals surface area contributed by atoms with Crippen LogP contribution >= 0.6 is 0 Å². The Kier molecular flexibility index (Phi) is 3.68. The average Bonchev–Trinajstić information content (AvgIpc) is 3.18. The van der Waals surface area contributed by atoms with Crippen LogP contribution in [0.3, 0.4) is 0 Å². The van der Waals surface area contributed by atoms with Crippen LogP contribution in [0.5, 0.6) is 0 Å². The van der Waals surface area contributed by atoms with Gasteiger partial charge in [-0.1, -0.05) is 0 Å². The van der Waals surface area contributed by atoms with E-state index in [0.717, 1.165) is 41.4 Å². The molecule has 28 heavy (non-hydrogen) atoms. The number of aryl methyl sites for hydroxylation is 3. The number of oxazole rings is 1. The quantitative estimate of drug-likeness (QED) is 0.589. The number of nitrogens with zero attached hydrogens (tertiary/aromatic N) is 5. The molecule has 0 aromatic carbocycles. The maximum Gasteiger partial charge on any atom is 0.262 e. The molecule has 1 aliphatic rings. The van der Waals surface area contributed by atoms with Gasteiger partial charge in [0, 0.05) is 18.0 Å². The maximum atomic E-state index is 12.7. The smallest absolute Gasteiger partial charge is 0.262 e.